The molecule has 0 spiro atoms. The lowest BCUT2D eigenvalue weighted by Gasteiger charge is -2.10. The molecular formula is C9H3Cl2F6N. The van der Waals surface area contributed by atoms with Gasteiger partial charge in [-0.15, -0.1) is 0 Å². The minimum absolute atomic E-state index is 0.628. The minimum atomic E-state index is -4.95. The highest BCUT2D eigenvalue weighted by molar-refractivity contribution is 6.67. The average Bonchev–Trinajstić information content (AvgIpc) is 2.17. The van der Waals surface area contributed by atoms with Crippen LogP contribution in [0.4, 0.5) is 32.0 Å². The molecule has 18 heavy (non-hydrogen) atoms. The van der Waals surface area contributed by atoms with E-state index in [0.29, 0.717) is 6.07 Å². The summed E-state index contributed by atoms with van der Waals surface area (Å²) < 4.78 is 73.5. The topological polar surface area (TPSA) is 12.4 Å². The van der Waals surface area contributed by atoms with E-state index in [0.717, 1.165) is 12.1 Å². The highest BCUT2D eigenvalue weighted by Gasteiger charge is 2.36. The van der Waals surface area contributed by atoms with E-state index in [9.17, 15) is 26.3 Å². The Morgan fingerprint density at radius 3 is 2.06 bits per heavy atom. The van der Waals surface area contributed by atoms with E-state index < -0.39 is 33.8 Å². The first-order valence-corrected chi connectivity index (χ1v) is 4.96. The molecule has 0 fully saturated rings. The zero-order chi connectivity index (χ0) is 14.1. The fourth-order valence-electron chi connectivity index (χ4n) is 0.994. The Kier molecular flexibility index (Phi) is 4.17. The Morgan fingerprint density at radius 2 is 1.61 bits per heavy atom. The lowest BCUT2D eigenvalue weighted by atomic mass is 10.2. The normalized spacial score (nSPS) is 13.9. The Bertz CT molecular complexity index is 477. The maximum Gasteiger partial charge on any atom is 0.444 e. The highest BCUT2D eigenvalue weighted by Crippen LogP contribution is 2.39. The molecule has 0 aliphatic heterocycles. The maximum atomic E-state index is 12.4. The van der Waals surface area contributed by atoms with Crippen LogP contribution in [-0.2, 0) is 6.18 Å². The maximum absolute atomic E-state index is 12.4. The van der Waals surface area contributed by atoms with Crippen molar-refractivity contribution in [2.75, 3.05) is 0 Å². The van der Waals surface area contributed by atoms with Crippen molar-refractivity contribution in [3.05, 3.63) is 28.8 Å². The Hall–Kier alpha value is -0.950. The van der Waals surface area contributed by atoms with E-state index in [1.165, 1.54) is 0 Å². The van der Waals surface area contributed by atoms with Crippen LogP contribution >= 0.6 is 23.2 Å². The smallest absolute Gasteiger partial charge is 0.231 e. The summed E-state index contributed by atoms with van der Waals surface area (Å²) in [6, 6.07) is 2.41. The molecule has 0 atom stereocenters. The Balaban J connectivity index is 3.30. The van der Waals surface area contributed by atoms with Crippen LogP contribution < -0.4 is 0 Å². The molecule has 0 aliphatic carbocycles. The van der Waals surface area contributed by atoms with Crippen LogP contribution in [0.15, 0.2) is 23.2 Å². The first-order chi connectivity index (χ1) is 8.03. The van der Waals surface area contributed by atoms with E-state index in [-0.39, 0.29) is 0 Å². The molecule has 0 unspecified atom stereocenters. The van der Waals surface area contributed by atoms with Crippen molar-refractivity contribution in [2.24, 2.45) is 4.99 Å². The van der Waals surface area contributed by atoms with Crippen molar-refractivity contribution in [3.8, 4) is 0 Å². The van der Waals surface area contributed by atoms with Crippen LogP contribution in [0, 0.1) is 0 Å². The molecule has 0 radical (unpaired) electrons. The standard InChI is InChI=1S/C9H3Cl2F6N/c10-6-4(8(12,13)14)2-1-3-5(6)18-7(11)9(15,16)17/h1-3H. The van der Waals surface area contributed by atoms with Crippen LogP contribution in [0.1, 0.15) is 5.56 Å². The van der Waals surface area contributed by atoms with Gasteiger partial charge in [0.05, 0.1) is 16.3 Å². The molecule has 1 rings (SSSR count). The van der Waals surface area contributed by atoms with Crippen molar-refractivity contribution in [1.82, 2.24) is 0 Å². The van der Waals surface area contributed by atoms with Gasteiger partial charge in [0.15, 0.2) is 0 Å². The molecule has 0 aliphatic rings. The van der Waals surface area contributed by atoms with E-state index in [1.54, 1.807) is 0 Å². The van der Waals surface area contributed by atoms with Crippen molar-refractivity contribution in [2.45, 2.75) is 12.4 Å². The van der Waals surface area contributed by atoms with Gasteiger partial charge >= 0.3 is 12.4 Å². The van der Waals surface area contributed by atoms with Crippen molar-refractivity contribution in [3.63, 3.8) is 0 Å². The third kappa shape index (κ3) is 3.52. The van der Waals surface area contributed by atoms with Crippen LogP contribution in [-0.4, -0.2) is 11.3 Å². The number of halogens is 8. The Morgan fingerprint density at radius 1 is 1.06 bits per heavy atom. The summed E-state index contributed by atoms with van der Waals surface area (Å²) in [5.74, 6) is 0. The van der Waals surface area contributed by atoms with Crippen molar-refractivity contribution >= 4 is 34.1 Å². The molecule has 0 heterocycles. The number of hydrogen-bond acceptors (Lipinski definition) is 1. The first kappa shape index (κ1) is 15.1. The van der Waals surface area contributed by atoms with Gasteiger partial charge in [-0.1, -0.05) is 29.3 Å². The summed E-state index contributed by atoms with van der Waals surface area (Å²) in [6.07, 6.45) is -9.73. The van der Waals surface area contributed by atoms with E-state index in [2.05, 4.69) is 4.99 Å². The number of rotatable bonds is 1. The molecule has 0 bridgehead atoms. The van der Waals surface area contributed by atoms with E-state index in [1.807, 2.05) is 0 Å². The van der Waals surface area contributed by atoms with Gasteiger partial charge < -0.3 is 0 Å². The lowest BCUT2D eigenvalue weighted by molar-refractivity contribution is -0.137. The minimum Gasteiger partial charge on any atom is -0.231 e. The van der Waals surface area contributed by atoms with Gasteiger partial charge in [0.1, 0.15) is 0 Å². The molecule has 1 nitrogen and oxygen atoms in total. The third-order valence-corrected chi connectivity index (χ3v) is 2.43. The predicted molar refractivity (Wildman–Crippen MR) is 55.5 cm³/mol. The number of benzene rings is 1. The number of hydrogen-bond donors (Lipinski definition) is 0. The van der Waals surface area contributed by atoms with Gasteiger partial charge in [-0.3, -0.25) is 0 Å². The molecule has 0 saturated carbocycles. The largest absolute Gasteiger partial charge is 0.444 e. The monoisotopic (exact) mass is 309 g/mol. The lowest BCUT2D eigenvalue weighted by Crippen LogP contribution is -2.16. The van der Waals surface area contributed by atoms with E-state index in [4.69, 9.17) is 23.2 Å². The summed E-state index contributed by atoms with van der Waals surface area (Å²) in [6.45, 7) is 0. The van der Waals surface area contributed by atoms with Crippen molar-refractivity contribution < 1.29 is 26.3 Å². The second-order valence-electron chi connectivity index (χ2n) is 3.04. The summed E-state index contributed by atoms with van der Waals surface area (Å²) in [4.78, 5) is 2.83. The SMILES string of the molecule is FC(F)(F)C(Cl)=Nc1cccc(C(F)(F)F)c1Cl. The fourth-order valence-corrected chi connectivity index (χ4v) is 1.36. The van der Waals surface area contributed by atoms with Gasteiger partial charge in [0.2, 0.25) is 5.17 Å². The van der Waals surface area contributed by atoms with Gasteiger partial charge in [0, 0.05) is 0 Å². The van der Waals surface area contributed by atoms with Crippen molar-refractivity contribution in [1.29, 1.82) is 0 Å². The quantitative estimate of drug-likeness (QED) is 0.500. The van der Waals surface area contributed by atoms with Gasteiger partial charge in [-0.05, 0) is 12.1 Å². The number of nitrogens with zero attached hydrogens (tertiary/aromatic N) is 1. The summed E-state index contributed by atoms with van der Waals surface area (Å²) in [5, 5.41) is -2.74. The Labute approximate surface area is 107 Å². The van der Waals surface area contributed by atoms with Gasteiger partial charge in [-0.25, -0.2) is 4.99 Å². The molecule has 100 valence electrons. The summed E-state index contributed by atoms with van der Waals surface area (Å²) in [7, 11) is 0. The molecule has 0 amide bonds. The third-order valence-electron chi connectivity index (χ3n) is 1.74. The zero-order valence-electron chi connectivity index (χ0n) is 8.20. The molecular weight excluding hydrogens is 307 g/mol. The first-order valence-electron chi connectivity index (χ1n) is 4.20. The number of alkyl halides is 6. The average molecular weight is 310 g/mol. The van der Waals surface area contributed by atoms with Crippen LogP contribution in [0.3, 0.4) is 0 Å². The second kappa shape index (κ2) is 4.97. The zero-order valence-corrected chi connectivity index (χ0v) is 9.71. The van der Waals surface area contributed by atoms with Gasteiger partial charge in [-0.2, -0.15) is 26.3 Å². The molecule has 9 heteroatoms. The van der Waals surface area contributed by atoms with E-state index >= 15 is 0 Å². The van der Waals surface area contributed by atoms with Crippen LogP contribution in [0.5, 0.6) is 0 Å². The summed E-state index contributed by atoms with van der Waals surface area (Å²) >= 11 is 10.1. The molecule has 0 saturated heterocycles. The second-order valence-corrected chi connectivity index (χ2v) is 3.77. The highest BCUT2D eigenvalue weighted by atomic mass is 35.5. The molecule has 0 aromatic heterocycles. The predicted octanol–water partition coefficient (Wildman–Crippen LogP) is 5.19. The van der Waals surface area contributed by atoms with Crippen LogP contribution in [0.2, 0.25) is 5.02 Å². The molecule has 0 N–H and O–H groups in total. The fraction of sp³-hybridized carbons (Fsp3) is 0.222. The molecule has 1 aromatic carbocycles. The van der Waals surface area contributed by atoms with Crippen LogP contribution in [0.25, 0.3) is 0 Å². The molecule has 1 aromatic rings. The van der Waals surface area contributed by atoms with Gasteiger partial charge in [0.25, 0.3) is 0 Å². The summed E-state index contributed by atoms with van der Waals surface area (Å²) in [5.41, 5.74) is -1.98. The number of aliphatic imine (C=N–C) groups is 1.